The van der Waals surface area contributed by atoms with Gasteiger partial charge in [0.25, 0.3) is 0 Å². The lowest BCUT2D eigenvalue weighted by molar-refractivity contribution is 0.101. The fraction of sp³-hybridized carbons (Fsp3) is 0.435. The molecule has 4 rings (SSSR count). The molecule has 0 saturated carbocycles. The molecule has 0 radical (unpaired) electrons. The molecule has 158 valence electrons. The van der Waals surface area contributed by atoms with E-state index in [4.69, 9.17) is 14.7 Å². The zero-order valence-corrected chi connectivity index (χ0v) is 19.6. The number of ketones is 1. The Kier molecular flexibility index (Phi) is 6.41. The summed E-state index contributed by atoms with van der Waals surface area (Å²) in [6.45, 7) is 8.95. The fourth-order valence-electron chi connectivity index (χ4n) is 3.83. The quantitative estimate of drug-likeness (QED) is 0.278. The summed E-state index contributed by atoms with van der Waals surface area (Å²) < 4.78 is 5.53. The van der Waals surface area contributed by atoms with E-state index in [0.717, 1.165) is 52.0 Å². The average molecular weight is 442 g/mol. The van der Waals surface area contributed by atoms with Crippen molar-refractivity contribution in [2.24, 2.45) is 0 Å². The van der Waals surface area contributed by atoms with Gasteiger partial charge >= 0.3 is 0 Å². The normalized spacial score (nSPS) is 14.5. The van der Waals surface area contributed by atoms with Gasteiger partial charge in [-0.25, -0.2) is 9.97 Å². The summed E-state index contributed by atoms with van der Waals surface area (Å²) in [6, 6.07) is 5.63. The van der Waals surface area contributed by atoms with Gasteiger partial charge in [0, 0.05) is 27.1 Å². The zero-order valence-electron chi connectivity index (χ0n) is 17.9. The molecule has 0 N–H and O–H groups in total. The van der Waals surface area contributed by atoms with E-state index in [9.17, 15) is 4.79 Å². The monoisotopic (exact) mass is 441 g/mol. The molecule has 0 spiro atoms. The molecule has 1 fully saturated rings. The minimum Gasteiger partial charge on any atom is -0.496 e. The van der Waals surface area contributed by atoms with E-state index in [2.05, 4.69) is 18.7 Å². The number of rotatable bonds is 7. The summed E-state index contributed by atoms with van der Waals surface area (Å²) in [5.41, 5.74) is 2.97. The largest absolute Gasteiger partial charge is 0.496 e. The summed E-state index contributed by atoms with van der Waals surface area (Å²) in [7, 11) is 1.67. The van der Waals surface area contributed by atoms with Crippen LogP contribution in [0.5, 0.6) is 5.75 Å². The number of methoxy groups -OCH3 is 1. The number of benzene rings is 1. The predicted octanol–water partition coefficient (Wildman–Crippen LogP) is 5.41. The van der Waals surface area contributed by atoms with Crippen LogP contribution in [0.3, 0.4) is 0 Å². The third kappa shape index (κ3) is 4.38. The molecule has 0 unspecified atom stereocenters. The number of fused-ring (bicyclic) bond motifs is 1. The Labute approximate surface area is 185 Å². The van der Waals surface area contributed by atoms with Crippen molar-refractivity contribution >= 4 is 39.1 Å². The lowest BCUT2D eigenvalue weighted by Crippen LogP contribution is -2.20. The lowest BCUT2D eigenvalue weighted by atomic mass is 10.1. The third-order valence-electron chi connectivity index (χ3n) is 5.66. The Morgan fingerprint density at radius 2 is 2.00 bits per heavy atom. The van der Waals surface area contributed by atoms with Crippen molar-refractivity contribution in [3.8, 4) is 5.75 Å². The smallest absolute Gasteiger partial charge is 0.159 e. The van der Waals surface area contributed by atoms with Crippen LogP contribution >= 0.6 is 23.1 Å². The first-order chi connectivity index (χ1) is 14.5. The maximum absolute atomic E-state index is 11.8. The van der Waals surface area contributed by atoms with Crippen LogP contribution in [0.2, 0.25) is 0 Å². The number of nitrogens with zero attached hydrogens (tertiary/aromatic N) is 3. The van der Waals surface area contributed by atoms with Gasteiger partial charge in [0.05, 0.1) is 13.7 Å². The van der Waals surface area contributed by atoms with Gasteiger partial charge in [-0.1, -0.05) is 0 Å². The molecule has 3 aromatic rings. The molecular weight excluding hydrogens is 414 g/mol. The summed E-state index contributed by atoms with van der Waals surface area (Å²) in [6.07, 6.45) is 2.51. The number of carbonyl (C=O) groups is 1. The van der Waals surface area contributed by atoms with E-state index >= 15 is 0 Å². The molecule has 2 aromatic heterocycles. The summed E-state index contributed by atoms with van der Waals surface area (Å²) in [5, 5.41) is 2.18. The predicted molar refractivity (Wildman–Crippen MR) is 124 cm³/mol. The van der Waals surface area contributed by atoms with Crippen molar-refractivity contribution in [1.82, 2.24) is 14.9 Å². The van der Waals surface area contributed by atoms with Gasteiger partial charge in [-0.2, -0.15) is 0 Å². The lowest BCUT2D eigenvalue weighted by Gasteiger charge is -2.14. The van der Waals surface area contributed by atoms with Crippen molar-refractivity contribution in [2.75, 3.05) is 20.2 Å². The van der Waals surface area contributed by atoms with Gasteiger partial charge in [-0.3, -0.25) is 9.69 Å². The number of hydrogen-bond donors (Lipinski definition) is 0. The Bertz CT molecular complexity index is 1090. The van der Waals surface area contributed by atoms with Gasteiger partial charge in [0.2, 0.25) is 0 Å². The first-order valence-electron chi connectivity index (χ1n) is 10.3. The van der Waals surface area contributed by atoms with Crippen LogP contribution in [-0.4, -0.2) is 40.9 Å². The highest BCUT2D eigenvalue weighted by molar-refractivity contribution is 7.98. The summed E-state index contributed by atoms with van der Waals surface area (Å²) in [5.74, 6) is 2.45. The second-order valence-electron chi connectivity index (χ2n) is 7.76. The first-order valence-corrected chi connectivity index (χ1v) is 12.1. The Hall–Kier alpha value is -1.96. The average Bonchev–Trinajstić information content (AvgIpc) is 3.33. The molecule has 30 heavy (non-hydrogen) atoms. The van der Waals surface area contributed by atoms with E-state index < -0.39 is 0 Å². The topological polar surface area (TPSA) is 55.3 Å². The highest BCUT2D eigenvalue weighted by Crippen LogP contribution is 2.37. The van der Waals surface area contributed by atoms with Crippen molar-refractivity contribution in [2.45, 2.75) is 50.9 Å². The van der Waals surface area contributed by atoms with E-state index in [-0.39, 0.29) is 5.78 Å². The maximum atomic E-state index is 11.8. The second kappa shape index (κ2) is 9.04. The number of hydrogen-bond acceptors (Lipinski definition) is 7. The zero-order chi connectivity index (χ0) is 21.3. The van der Waals surface area contributed by atoms with Crippen LogP contribution in [0.25, 0.3) is 10.2 Å². The van der Waals surface area contributed by atoms with Crippen molar-refractivity contribution in [3.63, 3.8) is 0 Å². The van der Waals surface area contributed by atoms with E-state index in [1.54, 1.807) is 37.1 Å². The molecule has 7 heteroatoms. The number of aryl methyl sites for hydroxylation is 2. The number of carbonyl (C=O) groups excluding carboxylic acids is 1. The van der Waals surface area contributed by atoms with Gasteiger partial charge < -0.3 is 4.74 Å². The molecule has 1 aromatic carbocycles. The number of thioether (sulfide) groups is 1. The third-order valence-corrected chi connectivity index (χ3v) is 7.78. The number of Topliss-reactive ketones (excluding diaryl/α,β-unsaturated/α-hetero) is 1. The van der Waals surface area contributed by atoms with Crippen LogP contribution in [0, 0.1) is 13.8 Å². The molecule has 0 atom stereocenters. The summed E-state index contributed by atoms with van der Waals surface area (Å²) >= 11 is 3.45. The van der Waals surface area contributed by atoms with Crippen LogP contribution < -0.4 is 4.74 Å². The SMILES string of the molecule is COc1ccc(C(C)=O)cc1CSc1nc(CN2CCCC2)nc2sc(C)c(C)c12. The fourth-order valence-corrected chi connectivity index (χ4v) is 6.02. The van der Waals surface area contributed by atoms with E-state index in [0.29, 0.717) is 11.3 Å². The molecular formula is C23H27N3O2S2. The van der Waals surface area contributed by atoms with Gasteiger partial charge in [-0.15, -0.1) is 23.1 Å². The molecule has 5 nitrogen and oxygen atoms in total. The summed E-state index contributed by atoms with van der Waals surface area (Å²) in [4.78, 5) is 26.5. The molecule has 0 amide bonds. The van der Waals surface area contributed by atoms with Crippen LogP contribution in [0.15, 0.2) is 23.2 Å². The molecule has 1 aliphatic heterocycles. The second-order valence-corrected chi connectivity index (χ2v) is 9.93. The number of ether oxygens (including phenoxy) is 1. The van der Waals surface area contributed by atoms with Gasteiger partial charge in [-0.05, 0) is 70.5 Å². The van der Waals surface area contributed by atoms with E-state index in [1.807, 2.05) is 18.2 Å². The molecule has 1 saturated heterocycles. The number of thiophene rings is 1. The standard InChI is InChI=1S/C23H27N3O2S2/c1-14-16(3)30-23-21(14)22(24-20(25-23)12-26-9-5-6-10-26)29-13-18-11-17(15(2)27)7-8-19(18)28-4/h7-8,11H,5-6,9-10,12-13H2,1-4H3. The Morgan fingerprint density at radius 3 is 2.70 bits per heavy atom. The molecule has 1 aliphatic rings. The number of aromatic nitrogens is 2. The van der Waals surface area contributed by atoms with Crippen molar-refractivity contribution in [1.29, 1.82) is 0 Å². The van der Waals surface area contributed by atoms with Crippen LogP contribution in [-0.2, 0) is 12.3 Å². The highest BCUT2D eigenvalue weighted by Gasteiger charge is 2.19. The Balaban J connectivity index is 1.67. The van der Waals surface area contributed by atoms with Gasteiger partial charge in [0.15, 0.2) is 5.78 Å². The van der Waals surface area contributed by atoms with E-state index in [1.165, 1.54) is 23.3 Å². The Morgan fingerprint density at radius 1 is 1.23 bits per heavy atom. The number of likely N-dealkylation sites (tertiary alicyclic amines) is 1. The molecule has 0 aliphatic carbocycles. The van der Waals surface area contributed by atoms with Crippen LogP contribution in [0.4, 0.5) is 0 Å². The van der Waals surface area contributed by atoms with Gasteiger partial charge in [0.1, 0.15) is 21.4 Å². The maximum Gasteiger partial charge on any atom is 0.159 e. The van der Waals surface area contributed by atoms with Crippen molar-refractivity contribution in [3.05, 3.63) is 45.6 Å². The minimum atomic E-state index is 0.0607. The van der Waals surface area contributed by atoms with Crippen LogP contribution in [0.1, 0.15) is 52.0 Å². The molecule has 3 heterocycles. The van der Waals surface area contributed by atoms with Crippen molar-refractivity contribution < 1.29 is 9.53 Å². The minimum absolute atomic E-state index is 0.0607. The first kappa shape index (κ1) is 21.3. The molecule has 0 bridgehead atoms. The highest BCUT2D eigenvalue weighted by atomic mass is 32.2.